The van der Waals surface area contributed by atoms with Crippen LogP contribution in [0.1, 0.15) is 71.6 Å². The number of fused-ring (bicyclic) bond motifs is 5. The Bertz CT molecular complexity index is 472. The molecule has 4 rings (SSSR count). The van der Waals surface area contributed by atoms with Crippen molar-refractivity contribution < 1.29 is 9.53 Å². The molecular formula is C20H32O2. The fourth-order valence-corrected chi connectivity index (χ4v) is 7.19. The Labute approximate surface area is 135 Å². The first kappa shape index (κ1) is 15.2. The van der Waals surface area contributed by atoms with Crippen LogP contribution in [0.15, 0.2) is 0 Å². The van der Waals surface area contributed by atoms with E-state index < -0.39 is 0 Å². The zero-order valence-corrected chi connectivity index (χ0v) is 14.6. The van der Waals surface area contributed by atoms with Gasteiger partial charge in [-0.05, 0) is 80.0 Å². The van der Waals surface area contributed by atoms with Crippen LogP contribution in [0.4, 0.5) is 0 Å². The summed E-state index contributed by atoms with van der Waals surface area (Å²) in [6.07, 6.45) is 11.6. The van der Waals surface area contributed by atoms with Crippen molar-refractivity contribution in [3.8, 4) is 0 Å². The van der Waals surface area contributed by atoms with Crippen molar-refractivity contribution >= 4 is 5.78 Å². The van der Waals surface area contributed by atoms with E-state index in [0.29, 0.717) is 34.6 Å². The average molecular weight is 304 g/mol. The molecule has 0 aliphatic heterocycles. The van der Waals surface area contributed by atoms with E-state index >= 15 is 0 Å². The Hall–Kier alpha value is -0.370. The first-order valence-electron chi connectivity index (χ1n) is 9.53. The van der Waals surface area contributed by atoms with E-state index in [1.807, 2.05) is 7.11 Å². The summed E-state index contributed by atoms with van der Waals surface area (Å²) < 4.78 is 5.66. The summed E-state index contributed by atoms with van der Waals surface area (Å²) >= 11 is 0. The predicted octanol–water partition coefficient (Wildman–Crippen LogP) is 4.61. The molecule has 7 atom stereocenters. The maximum absolute atomic E-state index is 12.6. The average Bonchev–Trinajstić information content (AvgIpc) is 2.83. The molecule has 4 saturated carbocycles. The van der Waals surface area contributed by atoms with E-state index in [1.54, 1.807) is 0 Å². The summed E-state index contributed by atoms with van der Waals surface area (Å²) in [5, 5.41) is 0. The molecule has 22 heavy (non-hydrogen) atoms. The lowest BCUT2D eigenvalue weighted by molar-refractivity contribution is -0.149. The molecule has 0 radical (unpaired) electrons. The highest BCUT2D eigenvalue weighted by molar-refractivity contribution is 5.84. The molecule has 0 amide bonds. The van der Waals surface area contributed by atoms with E-state index in [1.165, 1.54) is 44.9 Å². The van der Waals surface area contributed by atoms with Crippen LogP contribution in [0.25, 0.3) is 0 Å². The van der Waals surface area contributed by atoms with Crippen LogP contribution in [0, 0.1) is 34.5 Å². The van der Waals surface area contributed by atoms with Gasteiger partial charge in [0, 0.05) is 19.4 Å². The van der Waals surface area contributed by atoms with Gasteiger partial charge in [-0.15, -0.1) is 0 Å². The normalized spacial score (nSPS) is 54.5. The molecule has 0 saturated heterocycles. The lowest BCUT2D eigenvalue weighted by atomic mass is 9.44. The smallest absolute Gasteiger partial charge is 0.136 e. The van der Waals surface area contributed by atoms with Crippen LogP contribution in [0.2, 0.25) is 0 Å². The predicted molar refractivity (Wildman–Crippen MR) is 87.5 cm³/mol. The van der Waals surface area contributed by atoms with Crippen LogP contribution >= 0.6 is 0 Å². The minimum atomic E-state index is 0.331. The highest BCUT2D eigenvalue weighted by Crippen LogP contribution is 2.66. The first-order chi connectivity index (χ1) is 10.5. The number of Topliss-reactive ketones (excluding diaryl/α,β-unsaturated/α-hetero) is 1. The van der Waals surface area contributed by atoms with E-state index in [-0.39, 0.29) is 0 Å². The van der Waals surface area contributed by atoms with Gasteiger partial charge in [-0.25, -0.2) is 0 Å². The number of carbonyl (C=O) groups excluding carboxylic acids is 1. The van der Waals surface area contributed by atoms with Gasteiger partial charge in [0.05, 0.1) is 6.10 Å². The van der Waals surface area contributed by atoms with E-state index in [9.17, 15) is 4.79 Å². The maximum atomic E-state index is 12.6. The molecule has 4 aliphatic rings. The molecule has 4 fully saturated rings. The third-order valence-electron chi connectivity index (χ3n) is 8.49. The van der Waals surface area contributed by atoms with Gasteiger partial charge in [0.15, 0.2) is 0 Å². The molecule has 0 unspecified atom stereocenters. The van der Waals surface area contributed by atoms with Crippen LogP contribution in [0.3, 0.4) is 0 Å². The number of ketones is 1. The van der Waals surface area contributed by atoms with Gasteiger partial charge in [0.1, 0.15) is 5.78 Å². The minimum absolute atomic E-state index is 0.331. The van der Waals surface area contributed by atoms with Gasteiger partial charge < -0.3 is 4.74 Å². The summed E-state index contributed by atoms with van der Waals surface area (Å²) in [5.74, 6) is 3.34. The van der Waals surface area contributed by atoms with E-state index in [4.69, 9.17) is 4.74 Å². The summed E-state index contributed by atoms with van der Waals surface area (Å²) in [6, 6.07) is 0. The number of rotatable bonds is 1. The molecule has 0 aromatic heterocycles. The summed E-state index contributed by atoms with van der Waals surface area (Å²) in [5.41, 5.74) is 0.754. The molecule has 0 spiro atoms. The van der Waals surface area contributed by atoms with Crippen LogP contribution in [-0.2, 0) is 9.53 Å². The highest BCUT2D eigenvalue weighted by atomic mass is 16.5. The van der Waals surface area contributed by atoms with Gasteiger partial charge in [-0.1, -0.05) is 13.8 Å². The fourth-order valence-electron chi connectivity index (χ4n) is 7.19. The van der Waals surface area contributed by atoms with E-state index in [2.05, 4.69) is 13.8 Å². The van der Waals surface area contributed by atoms with Gasteiger partial charge in [0.25, 0.3) is 0 Å². The quantitative estimate of drug-likeness (QED) is 0.707. The first-order valence-corrected chi connectivity index (χ1v) is 9.53. The second kappa shape index (κ2) is 5.06. The SMILES string of the molecule is CO[C@H]1CC[C@@H]2[C@H](CC[C@@H]3[C@H]4C(=O)CC[C@@]4(C)CC[C@@]23C)C1. The van der Waals surface area contributed by atoms with E-state index in [0.717, 1.165) is 24.7 Å². The van der Waals surface area contributed by atoms with Gasteiger partial charge >= 0.3 is 0 Å². The topological polar surface area (TPSA) is 26.3 Å². The standard InChI is InChI=1S/C20H32O2/c1-19-9-8-17(21)18(19)16-6-4-13-12-14(22-3)5-7-15(13)20(16,2)11-10-19/h13-16,18H,4-12H2,1-3H3/t13-,14+,15-,16-,18+,19+,20+/m1/s1. The van der Waals surface area contributed by atoms with Crippen molar-refractivity contribution in [2.75, 3.05) is 7.11 Å². The van der Waals surface area contributed by atoms with Crippen molar-refractivity contribution in [2.45, 2.75) is 77.7 Å². The van der Waals surface area contributed by atoms with Crippen LogP contribution in [-0.4, -0.2) is 19.0 Å². The van der Waals surface area contributed by atoms with Crippen molar-refractivity contribution in [3.63, 3.8) is 0 Å². The molecule has 0 bridgehead atoms. The molecule has 4 aliphatic carbocycles. The number of hydrogen-bond donors (Lipinski definition) is 0. The van der Waals surface area contributed by atoms with Crippen LogP contribution in [0.5, 0.6) is 0 Å². The number of carbonyl (C=O) groups is 1. The van der Waals surface area contributed by atoms with Gasteiger partial charge in [-0.2, -0.15) is 0 Å². The Morgan fingerprint density at radius 1 is 1.00 bits per heavy atom. The third kappa shape index (κ3) is 1.98. The summed E-state index contributed by atoms with van der Waals surface area (Å²) in [4.78, 5) is 12.6. The molecule has 0 N–H and O–H groups in total. The van der Waals surface area contributed by atoms with Crippen molar-refractivity contribution in [3.05, 3.63) is 0 Å². The Balaban J connectivity index is 1.63. The third-order valence-corrected chi connectivity index (χ3v) is 8.49. The number of hydrogen-bond acceptors (Lipinski definition) is 2. The Morgan fingerprint density at radius 2 is 1.77 bits per heavy atom. The molecule has 124 valence electrons. The zero-order valence-electron chi connectivity index (χ0n) is 14.6. The fraction of sp³-hybridized carbons (Fsp3) is 0.950. The number of ether oxygens (including phenoxy) is 1. The van der Waals surface area contributed by atoms with Crippen molar-refractivity contribution in [1.29, 1.82) is 0 Å². The highest BCUT2D eigenvalue weighted by Gasteiger charge is 2.61. The van der Waals surface area contributed by atoms with Crippen molar-refractivity contribution in [1.82, 2.24) is 0 Å². The van der Waals surface area contributed by atoms with Crippen molar-refractivity contribution in [2.24, 2.45) is 34.5 Å². The molecule has 0 aromatic rings. The van der Waals surface area contributed by atoms with Crippen LogP contribution < -0.4 is 0 Å². The van der Waals surface area contributed by atoms with Gasteiger partial charge in [-0.3, -0.25) is 4.79 Å². The monoisotopic (exact) mass is 304 g/mol. The second-order valence-corrected chi connectivity index (χ2v) is 9.33. The number of methoxy groups -OCH3 is 1. The largest absolute Gasteiger partial charge is 0.381 e. The maximum Gasteiger partial charge on any atom is 0.136 e. The molecule has 0 heterocycles. The molecular weight excluding hydrogens is 272 g/mol. The summed E-state index contributed by atoms with van der Waals surface area (Å²) in [7, 11) is 1.88. The molecule has 0 aromatic carbocycles. The Morgan fingerprint density at radius 3 is 2.55 bits per heavy atom. The molecule has 2 nitrogen and oxygen atoms in total. The molecule has 2 heteroatoms. The lowest BCUT2D eigenvalue weighted by Gasteiger charge is -2.60. The lowest BCUT2D eigenvalue weighted by Crippen LogP contribution is -2.55. The minimum Gasteiger partial charge on any atom is -0.381 e. The second-order valence-electron chi connectivity index (χ2n) is 9.33. The van der Waals surface area contributed by atoms with Gasteiger partial charge in [0.2, 0.25) is 0 Å². The zero-order chi connectivity index (χ0) is 15.5. The summed E-state index contributed by atoms with van der Waals surface area (Å²) in [6.45, 7) is 4.96. The Kier molecular flexibility index (Phi) is 3.49.